The molecule has 0 aromatic heterocycles. The zero-order valence-electron chi connectivity index (χ0n) is 9.35. The van der Waals surface area contributed by atoms with Gasteiger partial charge in [-0.3, -0.25) is 9.00 Å². The van der Waals surface area contributed by atoms with E-state index in [2.05, 4.69) is 10.6 Å². The first-order chi connectivity index (χ1) is 8.08. The summed E-state index contributed by atoms with van der Waals surface area (Å²) < 4.78 is 11.8. The Morgan fingerprint density at radius 2 is 2.18 bits per heavy atom. The number of nitrogens with one attached hydrogen (secondary N) is 2. The Balaban J connectivity index is 1.81. The molecule has 2 fully saturated rings. The number of aliphatic carboxylic acids is 1. The Bertz CT molecular complexity index is 360. The van der Waals surface area contributed by atoms with E-state index in [1.807, 2.05) is 0 Å². The van der Waals surface area contributed by atoms with E-state index >= 15 is 0 Å². The van der Waals surface area contributed by atoms with Gasteiger partial charge in [-0.1, -0.05) is 6.42 Å². The molecule has 7 heteroatoms. The first-order valence-corrected chi connectivity index (χ1v) is 7.12. The molecule has 0 radical (unpaired) electrons. The third-order valence-corrected chi connectivity index (χ3v) is 5.15. The van der Waals surface area contributed by atoms with Crippen LogP contribution in [0.15, 0.2) is 0 Å². The van der Waals surface area contributed by atoms with Gasteiger partial charge in [-0.15, -0.1) is 0 Å². The van der Waals surface area contributed by atoms with Crippen LogP contribution < -0.4 is 10.6 Å². The average Bonchev–Trinajstić information content (AvgIpc) is 2.69. The average molecular weight is 260 g/mol. The van der Waals surface area contributed by atoms with Crippen LogP contribution in [0.4, 0.5) is 4.79 Å². The molecule has 0 bridgehead atoms. The summed E-state index contributed by atoms with van der Waals surface area (Å²) in [6, 6.07) is -0.256. The van der Waals surface area contributed by atoms with Crippen LogP contribution in [-0.4, -0.2) is 44.4 Å². The molecule has 0 aromatic rings. The molecule has 4 atom stereocenters. The zero-order valence-corrected chi connectivity index (χ0v) is 10.2. The number of hydrogen-bond acceptors (Lipinski definition) is 3. The van der Waals surface area contributed by atoms with Crippen molar-refractivity contribution in [2.45, 2.75) is 43.0 Å². The van der Waals surface area contributed by atoms with Gasteiger partial charge in [-0.25, -0.2) is 4.79 Å². The van der Waals surface area contributed by atoms with E-state index < -0.39 is 16.8 Å². The normalized spacial score (nSPS) is 35.2. The molecule has 0 saturated carbocycles. The van der Waals surface area contributed by atoms with E-state index in [-0.39, 0.29) is 29.8 Å². The Morgan fingerprint density at radius 1 is 1.41 bits per heavy atom. The summed E-state index contributed by atoms with van der Waals surface area (Å²) in [5.74, 6) is -0.293. The number of carbonyl (C=O) groups is 2. The summed E-state index contributed by atoms with van der Waals surface area (Å²) in [6.07, 6.45) is 2.20. The van der Waals surface area contributed by atoms with Gasteiger partial charge in [-0.05, 0) is 12.8 Å². The lowest BCUT2D eigenvalue weighted by atomic mass is 10.0. The van der Waals surface area contributed by atoms with Crippen LogP contribution in [0.5, 0.6) is 0 Å². The molecule has 3 N–H and O–H groups in total. The van der Waals surface area contributed by atoms with Crippen LogP contribution in [-0.2, 0) is 15.6 Å². The summed E-state index contributed by atoms with van der Waals surface area (Å²) in [5.41, 5.74) is 0. The van der Waals surface area contributed by atoms with Crippen LogP contribution in [0.2, 0.25) is 0 Å². The number of fused-ring (bicyclic) bond motifs is 1. The topological polar surface area (TPSA) is 95.5 Å². The van der Waals surface area contributed by atoms with E-state index in [4.69, 9.17) is 5.11 Å². The molecule has 2 saturated heterocycles. The molecule has 0 spiro atoms. The maximum Gasteiger partial charge on any atom is 0.315 e. The number of unbranched alkanes of at least 4 members (excludes halogenated alkanes) is 1. The van der Waals surface area contributed by atoms with Gasteiger partial charge in [0, 0.05) is 23.0 Å². The van der Waals surface area contributed by atoms with E-state index in [1.54, 1.807) is 0 Å². The summed E-state index contributed by atoms with van der Waals surface area (Å²) in [6.45, 7) is 0. The first-order valence-electron chi connectivity index (χ1n) is 5.74. The molecule has 0 unspecified atom stereocenters. The molecule has 2 aliphatic rings. The Morgan fingerprint density at radius 3 is 2.88 bits per heavy atom. The van der Waals surface area contributed by atoms with Crippen molar-refractivity contribution in [3.63, 3.8) is 0 Å². The number of carboxylic acid groups (broad SMARTS) is 1. The molecule has 6 nitrogen and oxygen atoms in total. The summed E-state index contributed by atoms with van der Waals surface area (Å²) in [4.78, 5) is 21.5. The van der Waals surface area contributed by atoms with Crippen molar-refractivity contribution in [3.05, 3.63) is 0 Å². The van der Waals surface area contributed by atoms with Gasteiger partial charge < -0.3 is 15.7 Å². The van der Waals surface area contributed by atoms with Gasteiger partial charge >= 0.3 is 12.0 Å². The lowest BCUT2D eigenvalue weighted by Crippen LogP contribution is -2.38. The molecule has 17 heavy (non-hydrogen) atoms. The van der Waals surface area contributed by atoms with E-state index in [1.165, 1.54) is 0 Å². The molecule has 2 heterocycles. The fourth-order valence-corrected chi connectivity index (χ4v) is 4.35. The van der Waals surface area contributed by atoms with Crippen LogP contribution >= 0.6 is 0 Å². The standard InChI is InChI=1S/C10H16N2O4S/c13-8(14)4-2-1-3-7-9-6(5-17(7)16)11-10(15)12-9/h6-7,9H,1-5H2,(H,13,14)(H2,11,12,15)/t6-,7-,9+,17-/m0/s1. The van der Waals surface area contributed by atoms with Crippen molar-refractivity contribution >= 4 is 22.8 Å². The number of hydrogen-bond donors (Lipinski definition) is 3. The highest BCUT2D eigenvalue weighted by atomic mass is 32.2. The number of amides is 2. The number of carboxylic acids is 1. The van der Waals surface area contributed by atoms with Gasteiger partial charge in [0.25, 0.3) is 0 Å². The minimum Gasteiger partial charge on any atom is -0.481 e. The fraction of sp³-hybridized carbons (Fsp3) is 0.800. The van der Waals surface area contributed by atoms with Gasteiger partial charge in [0.05, 0.1) is 17.3 Å². The lowest BCUT2D eigenvalue weighted by Gasteiger charge is -2.15. The maximum absolute atomic E-state index is 11.8. The zero-order chi connectivity index (χ0) is 12.4. The smallest absolute Gasteiger partial charge is 0.315 e. The first kappa shape index (κ1) is 12.3. The molecule has 0 aromatic carbocycles. The highest BCUT2D eigenvalue weighted by molar-refractivity contribution is 7.86. The van der Waals surface area contributed by atoms with E-state index in [9.17, 15) is 13.8 Å². The number of urea groups is 1. The minimum absolute atomic E-state index is 0.0205. The molecular formula is C10H16N2O4S. The second-order valence-corrected chi connectivity index (χ2v) is 6.18. The van der Waals surface area contributed by atoms with Crippen molar-refractivity contribution in [2.24, 2.45) is 0 Å². The van der Waals surface area contributed by atoms with Crippen LogP contribution in [0, 0.1) is 0 Å². The van der Waals surface area contributed by atoms with Gasteiger partial charge in [0.1, 0.15) is 0 Å². The van der Waals surface area contributed by atoms with E-state index in [0.29, 0.717) is 18.6 Å². The van der Waals surface area contributed by atoms with Crippen molar-refractivity contribution < 1.29 is 18.9 Å². The molecule has 2 amide bonds. The third-order valence-electron chi connectivity index (χ3n) is 3.26. The van der Waals surface area contributed by atoms with Crippen molar-refractivity contribution in [1.82, 2.24) is 10.6 Å². The van der Waals surface area contributed by atoms with Crippen LogP contribution in [0.1, 0.15) is 25.7 Å². The summed E-state index contributed by atoms with van der Waals surface area (Å²) in [7, 11) is -0.923. The number of rotatable bonds is 5. The predicted octanol–water partition coefficient (Wildman–Crippen LogP) is -0.188. The number of carbonyl (C=O) groups excluding carboxylic acids is 1. The Labute approximate surface area is 102 Å². The largest absolute Gasteiger partial charge is 0.481 e. The second-order valence-electron chi connectivity index (χ2n) is 4.48. The van der Waals surface area contributed by atoms with E-state index in [0.717, 1.165) is 6.42 Å². The summed E-state index contributed by atoms with van der Waals surface area (Å²) >= 11 is 0. The summed E-state index contributed by atoms with van der Waals surface area (Å²) in [5, 5.41) is 14.0. The van der Waals surface area contributed by atoms with Gasteiger partial charge in [0.2, 0.25) is 0 Å². The van der Waals surface area contributed by atoms with Crippen LogP contribution in [0.3, 0.4) is 0 Å². The molecule has 0 aliphatic carbocycles. The quantitative estimate of drug-likeness (QED) is 0.471. The predicted molar refractivity (Wildman–Crippen MR) is 62.1 cm³/mol. The fourth-order valence-electron chi connectivity index (χ4n) is 2.45. The molecule has 2 rings (SSSR count). The maximum atomic E-state index is 11.8. The molecular weight excluding hydrogens is 244 g/mol. The monoisotopic (exact) mass is 260 g/mol. The van der Waals surface area contributed by atoms with Gasteiger partial charge in [-0.2, -0.15) is 0 Å². The third kappa shape index (κ3) is 2.77. The van der Waals surface area contributed by atoms with Gasteiger partial charge in [0.15, 0.2) is 0 Å². The second kappa shape index (κ2) is 5.03. The molecule has 2 aliphatic heterocycles. The van der Waals surface area contributed by atoms with Crippen molar-refractivity contribution in [3.8, 4) is 0 Å². The Hall–Kier alpha value is -1.11. The lowest BCUT2D eigenvalue weighted by molar-refractivity contribution is -0.137. The highest BCUT2D eigenvalue weighted by Gasteiger charge is 2.46. The Kier molecular flexibility index (Phi) is 3.66. The highest BCUT2D eigenvalue weighted by Crippen LogP contribution is 2.25. The van der Waals surface area contributed by atoms with Crippen molar-refractivity contribution in [1.29, 1.82) is 0 Å². The van der Waals surface area contributed by atoms with Crippen LogP contribution in [0.25, 0.3) is 0 Å². The minimum atomic E-state index is -0.923. The van der Waals surface area contributed by atoms with Crippen molar-refractivity contribution in [2.75, 3.05) is 5.75 Å². The molecule has 96 valence electrons. The SMILES string of the molecule is O=C(O)CCCC[C@H]1[C@@H]2NC(=O)N[C@H]2C[S@@]1=O.